The van der Waals surface area contributed by atoms with Crippen molar-refractivity contribution in [2.75, 3.05) is 25.1 Å². The van der Waals surface area contributed by atoms with E-state index in [4.69, 9.17) is 4.74 Å². The SMILES string of the molecule is C1=C(CCNc2ncccn2)CCOC1. The molecule has 1 aromatic rings. The largest absolute Gasteiger partial charge is 0.377 e. The van der Waals surface area contributed by atoms with Gasteiger partial charge in [0.25, 0.3) is 0 Å². The topological polar surface area (TPSA) is 47.0 Å². The molecule has 0 fully saturated rings. The minimum Gasteiger partial charge on any atom is -0.377 e. The smallest absolute Gasteiger partial charge is 0.222 e. The van der Waals surface area contributed by atoms with E-state index in [9.17, 15) is 0 Å². The molecule has 4 heteroatoms. The molecule has 0 bridgehead atoms. The number of rotatable bonds is 4. The van der Waals surface area contributed by atoms with Crippen LogP contribution in [0.5, 0.6) is 0 Å². The molecule has 0 saturated heterocycles. The van der Waals surface area contributed by atoms with E-state index in [0.717, 1.165) is 32.6 Å². The van der Waals surface area contributed by atoms with Crippen molar-refractivity contribution in [1.29, 1.82) is 0 Å². The minimum absolute atomic E-state index is 0.699. The predicted molar refractivity (Wildman–Crippen MR) is 58.7 cm³/mol. The highest BCUT2D eigenvalue weighted by molar-refractivity contribution is 5.22. The van der Waals surface area contributed by atoms with Crippen molar-refractivity contribution in [2.24, 2.45) is 0 Å². The van der Waals surface area contributed by atoms with Crippen molar-refractivity contribution in [3.05, 3.63) is 30.1 Å². The van der Waals surface area contributed by atoms with E-state index in [0.29, 0.717) is 5.95 Å². The lowest BCUT2D eigenvalue weighted by Gasteiger charge is -2.13. The van der Waals surface area contributed by atoms with Crippen LogP contribution in [0.2, 0.25) is 0 Å². The fourth-order valence-electron chi connectivity index (χ4n) is 1.52. The molecule has 0 atom stereocenters. The molecule has 1 aliphatic heterocycles. The molecular formula is C11H15N3O. The Balaban J connectivity index is 1.73. The quantitative estimate of drug-likeness (QED) is 0.759. The van der Waals surface area contributed by atoms with Gasteiger partial charge in [-0.05, 0) is 18.9 Å². The lowest BCUT2D eigenvalue weighted by Crippen LogP contribution is -2.10. The molecule has 15 heavy (non-hydrogen) atoms. The van der Waals surface area contributed by atoms with Gasteiger partial charge in [0.05, 0.1) is 13.2 Å². The normalized spacial score (nSPS) is 15.9. The van der Waals surface area contributed by atoms with Crippen LogP contribution in [0.4, 0.5) is 5.95 Å². The van der Waals surface area contributed by atoms with Gasteiger partial charge in [0.15, 0.2) is 0 Å². The van der Waals surface area contributed by atoms with Gasteiger partial charge in [-0.25, -0.2) is 9.97 Å². The number of nitrogens with zero attached hydrogens (tertiary/aromatic N) is 2. The molecule has 0 unspecified atom stereocenters. The van der Waals surface area contributed by atoms with Gasteiger partial charge in [-0.2, -0.15) is 0 Å². The van der Waals surface area contributed by atoms with Gasteiger partial charge in [-0.15, -0.1) is 0 Å². The molecule has 0 aromatic carbocycles. The first kappa shape index (κ1) is 10.1. The third kappa shape index (κ3) is 3.32. The summed E-state index contributed by atoms with van der Waals surface area (Å²) in [6.07, 6.45) is 7.74. The molecule has 1 N–H and O–H groups in total. The molecule has 0 amide bonds. The van der Waals surface area contributed by atoms with Crippen molar-refractivity contribution in [3.8, 4) is 0 Å². The van der Waals surface area contributed by atoms with Gasteiger partial charge in [-0.1, -0.05) is 11.6 Å². The van der Waals surface area contributed by atoms with Crippen LogP contribution in [0, 0.1) is 0 Å². The molecule has 80 valence electrons. The van der Waals surface area contributed by atoms with Crippen LogP contribution in [0.15, 0.2) is 30.1 Å². The zero-order valence-corrected chi connectivity index (χ0v) is 8.65. The van der Waals surface area contributed by atoms with Crippen LogP contribution < -0.4 is 5.32 Å². The molecule has 1 aliphatic rings. The third-order valence-electron chi connectivity index (χ3n) is 2.35. The number of hydrogen-bond acceptors (Lipinski definition) is 4. The number of ether oxygens (including phenoxy) is 1. The average molecular weight is 205 g/mol. The highest BCUT2D eigenvalue weighted by atomic mass is 16.5. The fourth-order valence-corrected chi connectivity index (χ4v) is 1.52. The van der Waals surface area contributed by atoms with Crippen molar-refractivity contribution >= 4 is 5.95 Å². The molecule has 0 saturated carbocycles. The van der Waals surface area contributed by atoms with Crippen molar-refractivity contribution in [1.82, 2.24) is 9.97 Å². The lowest BCUT2D eigenvalue weighted by molar-refractivity contribution is 0.153. The van der Waals surface area contributed by atoms with E-state index in [-0.39, 0.29) is 0 Å². The maximum Gasteiger partial charge on any atom is 0.222 e. The maximum absolute atomic E-state index is 5.24. The Bertz CT molecular complexity index is 324. The van der Waals surface area contributed by atoms with E-state index < -0.39 is 0 Å². The van der Waals surface area contributed by atoms with Gasteiger partial charge < -0.3 is 10.1 Å². The Morgan fingerprint density at radius 3 is 2.93 bits per heavy atom. The summed E-state index contributed by atoms with van der Waals surface area (Å²) in [5.41, 5.74) is 1.46. The predicted octanol–water partition coefficient (Wildman–Crippen LogP) is 1.63. The van der Waals surface area contributed by atoms with Crippen LogP contribution in [0.1, 0.15) is 12.8 Å². The molecule has 4 nitrogen and oxygen atoms in total. The Kier molecular flexibility index (Phi) is 3.68. The summed E-state index contributed by atoms with van der Waals surface area (Å²) in [7, 11) is 0. The second-order valence-electron chi connectivity index (χ2n) is 3.44. The highest BCUT2D eigenvalue weighted by Crippen LogP contribution is 2.11. The van der Waals surface area contributed by atoms with E-state index >= 15 is 0 Å². The number of aromatic nitrogens is 2. The Labute approximate surface area is 89.4 Å². The van der Waals surface area contributed by atoms with E-state index in [1.165, 1.54) is 5.57 Å². The van der Waals surface area contributed by atoms with Crippen LogP contribution in [0.25, 0.3) is 0 Å². The van der Waals surface area contributed by atoms with Crippen LogP contribution >= 0.6 is 0 Å². The van der Waals surface area contributed by atoms with Gasteiger partial charge >= 0.3 is 0 Å². The molecule has 2 heterocycles. The summed E-state index contributed by atoms with van der Waals surface area (Å²) in [6, 6.07) is 1.81. The number of hydrogen-bond donors (Lipinski definition) is 1. The molecule has 0 radical (unpaired) electrons. The second-order valence-corrected chi connectivity index (χ2v) is 3.44. The standard InChI is InChI=1S/C11H15N3O/c1-5-12-11(13-6-1)14-7-2-10-3-8-15-9-4-10/h1,3,5-6H,2,4,7-9H2,(H,12,13,14). The van der Waals surface area contributed by atoms with E-state index in [1.807, 2.05) is 6.07 Å². The zero-order chi connectivity index (χ0) is 10.3. The highest BCUT2D eigenvalue weighted by Gasteiger charge is 2.03. The monoisotopic (exact) mass is 205 g/mol. The lowest BCUT2D eigenvalue weighted by atomic mass is 10.1. The van der Waals surface area contributed by atoms with Gasteiger partial charge in [-0.3, -0.25) is 0 Å². The minimum atomic E-state index is 0.699. The number of anilines is 1. The first-order valence-electron chi connectivity index (χ1n) is 5.22. The van der Waals surface area contributed by atoms with E-state index in [2.05, 4.69) is 21.4 Å². The maximum atomic E-state index is 5.24. The summed E-state index contributed by atoms with van der Waals surface area (Å²) < 4.78 is 5.24. The molecule has 1 aromatic heterocycles. The van der Waals surface area contributed by atoms with Crippen LogP contribution in [0.3, 0.4) is 0 Å². The van der Waals surface area contributed by atoms with E-state index in [1.54, 1.807) is 12.4 Å². The van der Waals surface area contributed by atoms with Gasteiger partial charge in [0, 0.05) is 18.9 Å². The Morgan fingerprint density at radius 1 is 1.33 bits per heavy atom. The van der Waals surface area contributed by atoms with Gasteiger partial charge in [0.1, 0.15) is 0 Å². The summed E-state index contributed by atoms with van der Waals surface area (Å²) >= 11 is 0. The summed E-state index contributed by atoms with van der Waals surface area (Å²) in [5, 5.41) is 3.19. The van der Waals surface area contributed by atoms with Crippen LogP contribution in [-0.4, -0.2) is 29.7 Å². The molecule has 0 spiro atoms. The number of nitrogens with one attached hydrogen (secondary N) is 1. The Morgan fingerprint density at radius 2 is 2.20 bits per heavy atom. The molecule has 2 rings (SSSR count). The molecular weight excluding hydrogens is 190 g/mol. The van der Waals surface area contributed by atoms with Gasteiger partial charge in [0.2, 0.25) is 5.95 Å². The summed E-state index contributed by atoms with van der Waals surface area (Å²) in [6.45, 7) is 2.50. The Hall–Kier alpha value is -1.42. The van der Waals surface area contributed by atoms with Crippen LogP contribution in [-0.2, 0) is 4.74 Å². The first-order valence-corrected chi connectivity index (χ1v) is 5.22. The zero-order valence-electron chi connectivity index (χ0n) is 8.65. The van der Waals surface area contributed by atoms with Crippen molar-refractivity contribution in [3.63, 3.8) is 0 Å². The average Bonchev–Trinajstić information content (AvgIpc) is 2.32. The summed E-state index contributed by atoms with van der Waals surface area (Å²) in [5.74, 6) is 0.699. The van der Waals surface area contributed by atoms with Crippen molar-refractivity contribution < 1.29 is 4.74 Å². The third-order valence-corrected chi connectivity index (χ3v) is 2.35. The first-order chi connectivity index (χ1) is 7.45. The fraction of sp³-hybridized carbons (Fsp3) is 0.455. The second kappa shape index (κ2) is 5.46. The summed E-state index contributed by atoms with van der Waals surface area (Å²) in [4.78, 5) is 8.19. The van der Waals surface area contributed by atoms with Crippen molar-refractivity contribution in [2.45, 2.75) is 12.8 Å². The molecule has 0 aliphatic carbocycles.